The summed E-state index contributed by atoms with van der Waals surface area (Å²) in [6.07, 6.45) is 2.61. The molecule has 1 fully saturated rings. The predicted molar refractivity (Wildman–Crippen MR) is 94.2 cm³/mol. The Bertz CT molecular complexity index is 499. The Morgan fingerprint density at radius 3 is 3.00 bits per heavy atom. The summed E-state index contributed by atoms with van der Waals surface area (Å²) >= 11 is 0. The van der Waals surface area contributed by atoms with Gasteiger partial charge in [-0.3, -0.25) is 0 Å². The number of aryl methyl sites for hydroxylation is 1. The van der Waals surface area contributed by atoms with Crippen LogP contribution in [0.2, 0.25) is 0 Å². The van der Waals surface area contributed by atoms with Crippen LogP contribution in [-0.2, 0) is 4.74 Å². The van der Waals surface area contributed by atoms with Crippen molar-refractivity contribution < 1.29 is 9.47 Å². The van der Waals surface area contributed by atoms with Gasteiger partial charge >= 0.3 is 0 Å². The number of nitrogens with zero attached hydrogens (tertiary/aromatic N) is 1. The number of ether oxygens (including phenoxy) is 2. The highest BCUT2D eigenvalue weighted by atomic mass is 16.5. The first-order chi connectivity index (χ1) is 11.2. The van der Waals surface area contributed by atoms with E-state index in [0.717, 1.165) is 44.2 Å². The molecule has 2 atom stereocenters. The minimum Gasteiger partial charge on any atom is -0.489 e. The highest BCUT2D eigenvalue weighted by Crippen LogP contribution is 2.14. The number of rotatable bonds is 7. The fourth-order valence-electron chi connectivity index (χ4n) is 2.54. The van der Waals surface area contributed by atoms with Crippen LogP contribution in [0, 0.1) is 6.92 Å². The molecule has 1 aliphatic heterocycles. The van der Waals surface area contributed by atoms with E-state index in [1.54, 1.807) is 0 Å². The van der Waals surface area contributed by atoms with Crippen LogP contribution in [0.5, 0.6) is 5.75 Å². The second-order valence-electron chi connectivity index (χ2n) is 5.98. The SMILES string of the molecule is CCNC(=NCC(C)Oc1cccc(C)c1)NCC1CCCO1. The second-order valence-corrected chi connectivity index (χ2v) is 5.98. The summed E-state index contributed by atoms with van der Waals surface area (Å²) in [5.41, 5.74) is 1.20. The smallest absolute Gasteiger partial charge is 0.191 e. The number of nitrogens with one attached hydrogen (secondary N) is 2. The van der Waals surface area contributed by atoms with Gasteiger partial charge in [-0.05, 0) is 51.3 Å². The molecule has 5 heteroatoms. The molecule has 1 saturated heterocycles. The molecule has 0 amide bonds. The molecule has 0 aliphatic carbocycles. The summed E-state index contributed by atoms with van der Waals surface area (Å²) in [5.74, 6) is 1.72. The molecular weight excluding hydrogens is 290 g/mol. The molecule has 0 spiro atoms. The molecule has 0 aromatic heterocycles. The van der Waals surface area contributed by atoms with Gasteiger partial charge in [0.05, 0.1) is 12.6 Å². The first-order valence-electron chi connectivity index (χ1n) is 8.54. The summed E-state index contributed by atoms with van der Waals surface area (Å²) in [7, 11) is 0. The van der Waals surface area contributed by atoms with E-state index in [0.29, 0.717) is 12.6 Å². The van der Waals surface area contributed by atoms with Gasteiger partial charge in [-0.2, -0.15) is 0 Å². The first kappa shape index (κ1) is 17.6. The van der Waals surface area contributed by atoms with Crippen molar-refractivity contribution in [2.45, 2.75) is 45.8 Å². The van der Waals surface area contributed by atoms with Crippen molar-refractivity contribution >= 4 is 5.96 Å². The van der Waals surface area contributed by atoms with E-state index in [1.165, 1.54) is 5.56 Å². The maximum atomic E-state index is 5.91. The average Bonchev–Trinajstić information content (AvgIpc) is 3.03. The Hall–Kier alpha value is -1.75. The maximum absolute atomic E-state index is 5.91. The quantitative estimate of drug-likeness (QED) is 0.599. The van der Waals surface area contributed by atoms with Crippen LogP contribution in [0.4, 0.5) is 0 Å². The highest BCUT2D eigenvalue weighted by Gasteiger charge is 2.15. The van der Waals surface area contributed by atoms with Crippen molar-refractivity contribution in [1.82, 2.24) is 10.6 Å². The Balaban J connectivity index is 1.80. The fourth-order valence-corrected chi connectivity index (χ4v) is 2.54. The zero-order chi connectivity index (χ0) is 16.5. The molecule has 0 radical (unpaired) electrons. The lowest BCUT2D eigenvalue weighted by atomic mass is 10.2. The number of hydrogen-bond donors (Lipinski definition) is 2. The Morgan fingerprint density at radius 1 is 1.43 bits per heavy atom. The van der Waals surface area contributed by atoms with Crippen LogP contribution in [-0.4, -0.2) is 44.4 Å². The maximum Gasteiger partial charge on any atom is 0.191 e. The van der Waals surface area contributed by atoms with Gasteiger partial charge in [0, 0.05) is 19.7 Å². The molecule has 1 aromatic rings. The van der Waals surface area contributed by atoms with Gasteiger partial charge in [-0.25, -0.2) is 4.99 Å². The van der Waals surface area contributed by atoms with Gasteiger partial charge in [0.2, 0.25) is 0 Å². The molecule has 0 bridgehead atoms. The standard InChI is InChI=1S/C18H29N3O2/c1-4-19-18(21-13-17-9-6-10-22-17)20-12-15(3)23-16-8-5-7-14(2)11-16/h5,7-8,11,15,17H,4,6,9-10,12-13H2,1-3H3,(H2,19,20,21). The van der Waals surface area contributed by atoms with E-state index in [2.05, 4.69) is 35.5 Å². The van der Waals surface area contributed by atoms with Crippen LogP contribution in [0.25, 0.3) is 0 Å². The molecule has 1 aliphatic rings. The second kappa shape index (κ2) is 9.40. The number of guanidine groups is 1. The summed E-state index contributed by atoms with van der Waals surface area (Å²) in [6.45, 7) is 9.29. The molecule has 1 aromatic carbocycles. The Kier molecular flexibility index (Phi) is 7.20. The Labute approximate surface area is 139 Å². The minimum absolute atomic E-state index is 0.0231. The van der Waals surface area contributed by atoms with Gasteiger partial charge in [-0.15, -0.1) is 0 Å². The zero-order valence-electron chi connectivity index (χ0n) is 14.5. The third kappa shape index (κ3) is 6.48. The van der Waals surface area contributed by atoms with Crippen LogP contribution in [0.1, 0.15) is 32.3 Å². The van der Waals surface area contributed by atoms with Crippen LogP contribution < -0.4 is 15.4 Å². The summed E-state index contributed by atoms with van der Waals surface area (Å²) in [6, 6.07) is 8.09. The topological polar surface area (TPSA) is 54.9 Å². The number of aliphatic imine (C=N–C) groups is 1. The molecule has 0 saturated carbocycles. The lowest BCUT2D eigenvalue weighted by Crippen LogP contribution is -2.41. The van der Waals surface area contributed by atoms with Crippen LogP contribution >= 0.6 is 0 Å². The van der Waals surface area contributed by atoms with Gasteiger partial charge in [0.15, 0.2) is 5.96 Å². The lowest BCUT2D eigenvalue weighted by molar-refractivity contribution is 0.113. The molecule has 2 N–H and O–H groups in total. The zero-order valence-corrected chi connectivity index (χ0v) is 14.5. The number of hydrogen-bond acceptors (Lipinski definition) is 3. The monoisotopic (exact) mass is 319 g/mol. The van der Waals surface area contributed by atoms with Crippen molar-refractivity contribution in [3.8, 4) is 5.75 Å². The van der Waals surface area contributed by atoms with Crippen molar-refractivity contribution in [1.29, 1.82) is 0 Å². The van der Waals surface area contributed by atoms with E-state index in [-0.39, 0.29) is 6.10 Å². The average molecular weight is 319 g/mol. The lowest BCUT2D eigenvalue weighted by Gasteiger charge is -2.17. The first-order valence-corrected chi connectivity index (χ1v) is 8.54. The van der Waals surface area contributed by atoms with E-state index in [4.69, 9.17) is 9.47 Å². The van der Waals surface area contributed by atoms with Gasteiger partial charge < -0.3 is 20.1 Å². The van der Waals surface area contributed by atoms with Crippen molar-refractivity contribution in [3.63, 3.8) is 0 Å². The van der Waals surface area contributed by atoms with E-state index in [1.807, 2.05) is 25.1 Å². The predicted octanol–water partition coefficient (Wildman–Crippen LogP) is 2.50. The van der Waals surface area contributed by atoms with Crippen molar-refractivity contribution in [2.24, 2.45) is 4.99 Å². The molecule has 1 heterocycles. The minimum atomic E-state index is 0.0231. The van der Waals surface area contributed by atoms with E-state index < -0.39 is 0 Å². The van der Waals surface area contributed by atoms with Crippen LogP contribution in [0.3, 0.4) is 0 Å². The van der Waals surface area contributed by atoms with Crippen molar-refractivity contribution in [2.75, 3.05) is 26.2 Å². The van der Waals surface area contributed by atoms with Gasteiger partial charge in [0.25, 0.3) is 0 Å². The molecular formula is C18H29N3O2. The molecule has 2 unspecified atom stereocenters. The van der Waals surface area contributed by atoms with Gasteiger partial charge in [-0.1, -0.05) is 12.1 Å². The van der Waals surface area contributed by atoms with Crippen LogP contribution in [0.15, 0.2) is 29.3 Å². The third-order valence-electron chi connectivity index (χ3n) is 3.70. The molecule has 23 heavy (non-hydrogen) atoms. The molecule has 5 nitrogen and oxygen atoms in total. The number of benzene rings is 1. The van der Waals surface area contributed by atoms with E-state index >= 15 is 0 Å². The summed E-state index contributed by atoms with van der Waals surface area (Å²) in [4.78, 5) is 4.61. The Morgan fingerprint density at radius 2 is 2.30 bits per heavy atom. The summed E-state index contributed by atoms with van der Waals surface area (Å²) in [5, 5.41) is 6.61. The summed E-state index contributed by atoms with van der Waals surface area (Å²) < 4.78 is 11.5. The van der Waals surface area contributed by atoms with E-state index in [9.17, 15) is 0 Å². The molecule has 128 valence electrons. The molecule has 2 rings (SSSR count). The van der Waals surface area contributed by atoms with Crippen molar-refractivity contribution in [3.05, 3.63) is 29.8 Å². The highest BCUT2D eigenvalue weighted by molar-refractivity contribution is 5.79. The fraction of sp³-hybridized carbons (Fsp3) is 0.611. The third-order valence-corrected chi connectivity index (χ3v) is 3.70. The van der Waals surface area contributed by atoms with Gasteiger partial charge in [0.1, 0.15) is 11.9 Å². The largest absolute Gasteiger partial charge is 0.489 e. The normalized spacial score (nSPS) is 19.4.